The van der Waals surface area contributed by atoms with Gasteiger partial charge in [-0.3, -0.25) is 4.79 Å². The Labute approximate surface area is 122 Å². The second-order valence-electron chi connectivity index (χ2n) is 5.14. The maximum Gasteiger partial charge on any atom is 0.243 e. The Morgan fingerprint density at radius 3 is 3.10 bits per heavy atom. The monoisotopic (exact) mass is 292 g/mol. The SMILES string of the molecule is CC(C(=O)NC1CC1)n1c(CCCl)nc2cccnc21. The maximum atomic E-state index is 12.3. The van der Waals surface area contributed by atoms with E-state index >= 15 is 0 Å². The van der Waals surface area contributed by atoms with Gasteiger partial charge in [-0.25, -0.2) is 9.97 Å². The van der Waals surface area contributed by atoms with Crippen LogP contribution in [0, 0.1) is 0 Å². The molecule has 2 aromatic heterocycles. The molecular formula is C14H17ClN4O. The standard InChI is InChI=1S/C14H17ClN4O/c1-9(14(20)17-10-4-5-10)19-12(6-7-15)18-11-3-2-8-16-13(11)19/h2-3,8-10H,4-7H2,1H3,(H,17,20). The van der Waals surface area contributed by atoms with E-state index < -0.39 is 0 Å². The number of hydrogen-bond donors (Lipinski definition) is 1. The smallest absolute Gasteiger partial charge is 0.243 e. The summed E-state index contributed by atoms with van der Waals surface area (Å²) in [5.41, 5.74) is 1.55. The fourth-order valence-electron chi connectivity index (χ4n) is 2.31. The van der Waals surface area contributed by atoms with Gasteiger partial charge in [-0.2, -0.15) is 0 Å². The normalized spacial score (nSPS) is 16.3. The van der Waals surface area contributed by atoms with Gasteiger partial charge in [0.1, 0.15) is 17.4 Å². The molecule has 6 heteroatoms. The lowest BCUT2D eigenvalue weighted by Crippen LogP contribution is -2.33. The highest BCUT2D eigenvalue weighted by Crippen LogP contribution is 2.23. The number of imidazole rings is 1. The highest BCUT2D eigenvalue weighted by molar-refractivity contribution is 6.17. The van der Waals surface area contributed by atoms with E-state index in [1.807, 2.05) is 23.6 Å². The molecule has 20 heavy (non-hydrogen) atoms. The van der Waals surface area contributed by atoms with E-state index in [1.165, 1.54) is 0 Å². The molecule has 1 amide bonds. The quantitative estimate of drug-likeness (QED) is 0.858. The number of amides is 1. The lowest BCUT2D eigenvalue weighted by Gasteiger charge is -2.16. The van der Waals surface area contributed by atoms with Gasteiger partial charge in [0, 0.05) is 24.5 Å². The average Bonchev–Trinajstić information content (AvgIpc) is 3.18. The van der Waals surface area contributed by atoms with Gasteiger partial charge in [-0.1, -0.05) is 0 Å². The fraction of sp³-hybridized carbons (Fsp3) is 0.500. The molecule has 0 aromatic carbocycles. The van der Waals surface area contributed by atoms with Crippen molar-refractivity contribution in [1.82, 2.24) is 19.9 Å². The summed E-state index contributed by atoms with van der Waals surface area (Å²) in [6, 6.07) is 3.78. The van der Waals surface area contributed by atoms with Crippen LogP contribution in [0.4, 0.5) is 0 Å². The summed E-state index contributed by atoms with van der Waals surface area (Å²) in [5.74, 6) is 1.31. The van der Waals surface area contributed by atoms with Crippen LogP contribution in [0.15, 0.2) is 18.3 Å². The van der Waals surface area contributed by atoms with E-state index in [9.17, 15) is 4.79 Å². The van der Waals surface area contributed by atoms with E-state index in [1.54, 1.807) is 6.20 Å². The van der Waals surface area contributed by atoms with Crippen molar-refractivity contribution in [3.8, 4) is 0 Å². The number of rotatable bonds is 5. The molecule has 1 N–H and O–H groups in total. The van der Waals surface area contributed by atoms with Crippen molar-refractivity contribution < 1.29 is 4.79 Å². The molecule has 1 saturated carbocycles. The van der Waals surface area contributed by atoms with Crippen LogP contribution in [-0.2, 0) is 11.2 Å². The van der Waals surface area contributed by atoms with Crippen molar-refractivity contribution in [1.29, 1.82) is 0 Å². The van der Waals surface area contributed by atoms with E-state index in [2.05, 4.69) is 15.3 Å². The number of nitrogens with zero attached hydrogens (tertiary/aromatic N) is 3. The average molecular weight is 293 g/mol. The fourth-order valence-corrected chi connectivity index (χ4v) is 2.48. The third-order valence-electron chi connectivity index (χ3n) is 3.53. The number of carbonyl (C=O) groups is 1. The van der Waals surface area contributed by atoms with Crippen LogP contribution in [0.1, 0.15) is 31.6 Å². The minimum Gasteiger partial charge on any atom is -0.352 e. The van der Waals surface area contributed by atoms with Crippen LogP contribution in [0.25, 0.3) is 11.2 Å². The number of carbonyl (C=O) groups excluding carboxylic acids is 1. The molecule has 2 aromatic rings. The van der Waals surface area contributed by atoms with Gasteiger partial charge in [0.05, 0.1) is 0 Å². The third kappa shape index (κ3) is 2.50. The molecule has 0 bridgehead atoms. The Hall–Kier alpha value is -1.62. The van der Waals surface area contributed by atoms with E-state index in [0.29, 0.717) is 18.3 Å². The highest BCUT2D eigenvalue weighted by atomic mass is 35.5. The Bertz CT molecular complexity index is 635. The highest BCUT2D eigenvalue weighted by Gasteiger charge is 2.28. The number of aromatic nitrogens is 3. The van der Waals surface area contributed by atoms with Gasteiger partial charge >= 0.3 is 0 Å². The molecule has 2 heterocycles. The van der Waals surface area contributed by atoms with Gasteiger partial charge < -0.3 is 9.88 Å². The van der Waals surface area contributed by atoms with E-state index in [4.69, 9.17) is 11.6 Å². The Morgan fingerprint density at radius 1 is 1.60 bits per heavy atom. The van der Waals surface area contributed by atoms with E-state index in [-0.39, 0.29) is 11.9 Å². The summed E-state index contributed by atoms with van der Waals surface area (Å²) in [6.45, 7) is 1.88. The van der Waals surface area contributed by atoms with Crippen LogP contribution in [0.3, 0.4) is 0 Å². The van der Waals surface area contributed by atoms with Crippen molar-refractivity contribution in [3.63, 3.8) is 0 Å². The third-order valence-corrected chi connectivity index (χ3v) is 3.72. The van der Waals surface area contributed by atoms with Gasteiger partial charge in [-0.05, 0) is 31.9 Å². The molecule has 3 rings (SSSR count). The summed E-state index contributed by atoms with van der Waals surface area (Å²) in [6.07, 6.45) is 4.50. The van der Waals surface area contributed by atoms with Crippen LogP contribution < -0.4 is 5.32 Å². The number of nitrogens with one attached hydrogen (secondary N) is 1. The zero-order valence-electron chi connectivity index (χ0n) is 11.3. The van der Waals surface area contributed by atoms with Crippen molar-refractivity contribution in [3.05, 3.63) is 24.2 Å². The molecule has 1 aliphatic rings. The van der Waals surface area contributed by atoms with Gasteiger partial charge in [-0.15, -0.1) is 11.6 Å². The van der Waals surface area contributed by atoms with Crippen molar-refractivity contribution >= 4 is 28.7 Å². The largest absolute Gasteiger partial charge is 0.352 e. The van der Waals surface area contributed by atoms with Crippen LogP contribution in [0.2, 0.25) is 0 Å². The summed E-state index contributed by atoms with van der Waals surface area (Å²) < 4.78 is 1.90. The molecule has 1 atom stereocenters. The number of hydrogen-bond acceptors (Lipinski definition) is 3. The maximum absolute atomic E-state index is 12.3. The topological polar surface area (TPSA) is 59.8 Å². The molecule has 106 valence electrons. The van der Waals surface area contributed by atoms with E-state index in [0.717, 1.165) is 29.8 Å². The van der Waals surface area contributed by atoms with Gasteiger partial charge in [0.25, 0.3) is 0 Å². The van der Waals surface area contributed by atoms with Crippen molar-refractivity contribution in [2.45, 2.75) is 38.3 Å². The first-order valence-corrected chi connectivity index (χ1v) is 7.42. The van der Waals surface area contributed by atoms with Crippen molar-refractivity contribution in [2.75, 3.05) is 5.88 Å². The van der Waals surface area contributed by atoms with Gasteiger partial charge in [0.15, 0.2) is 5.65 Å². The molecule has 0 aliphatic heterocycles. The first-order valence-electron chi connectivity index (χ1n) is 6.89. The molecule has 1 aliphatic carbocycles. The number of alkyl halides is 1. The Kier molecular flexibility index (Phi) is 3.61. The summed E-state index contributed by atoms with van der Waals surface area (Å²) in [5, 5.41) is 3.03. The minimum absolute atomic E-state index is 0.0216. The summed E-state index contributed by atoms with van der Waals surface area (Å²) >= 11 is 5.84. The number of halogens is 1. The van der Waals surface area contributed by atoms with Crippen LogP contribution in [-0.4, -0.2) is 32.4 Å². The molecule has 0 radical (unpaired) electrons. The zero-order chi connectivity index (χ0) is 14.1. The molecule has 5 nitrogen and oxygen atoms in total. The Balaban J connectivity index is 1.98. The first-order chi connectivity index (χ1) is 9.70. The lowest BCUT2D eigenvalue weighted by atomic mass is 10.3. The molecule has 1 fully saturated rings. The second-order valence-corrected chi connectivity index (χ2v) is 5.52. The Morgan fingerprint density at radius 2 is 2.40 bits per heavy atom. The predicted molar refractivity (Wildman–Crippen MR) is 77.8 cm³/mol. The van der Waals surface area contributed by atoms with Crippen molar-refractivity contribution in [2.24, 2.45) is 0 Å². The number of pyridine rings is 1. The first kappa shape index (κ1) is 13.4. The van der Waals surface area contributed by atoms with Crippen LogP contribution in [0.5, 0.6) is 0 Å². The molecule has 1 unspecified atom stereocenters. The molecule has 0 spiro atoms. The summed E-state index contributed by atoms with van der Waals surface area (Å²) in [4.78, 5) is 21.2. The van der Waals surface area contributed by atoms with Crippen LogP contribution >= 0.6 is 11.6 Å². The predicted octanol–water partition coefficient (Wildman–Crippen LogP) is 2.05. The number of aryl methyl sites for hydroxylation is 1. The second kappa shape index (κ2) is 5.40. The molecule has 0 saturated heterocycles. The summed E-state index contributed by atoms with van der Waals surface area (Å²) in [7, 11) is 0. The minimum atomic E-state index is -0.325. The van der Waals surface area contributed by atoms with Gasteiger partial charge in [0.2, 0.25) is 5.91 Å². The number of fused-ring (bicyclic) bond motifs is 1. The lowest BCUT2D eigenvalue weighted by molar-refractivity contribution is -0.124. The molecular weight excluding hydrogens is 276 g/mol. The zero-order valence-corrected chi connectivity index (χ0v) is 12.1.